The van der Waals surface area contributed by atoms with E-state index in [1.54, 1.807) is 12.1 Å². The van der Waals surface area contributed by atoms with Crippen LogP contribution in [0.5, 0.6) is 0 Å². The highest BCUT2D eigenvalue weighted by Gasteiger charge is 2.12. The van der Waals surface area contributed by atoms with Gasteiger partial charge in [0.05, 0.1) is 6.20 Å². The second-order valence-electron chi connectivity index (χ2n) is 3.73. The molecule has 0 bridgehead atoms. The summed E-state index contributed by atoms with van der Waals surface area (Å²) < 4.78 is 0.935. The number of rotatable bonds is 3. The lowest BCUT2D eigenvalue weighted by Gasteiger charge is -2.06. The van der Waals surface area contributed by atoms with Gasteiger partial charge in [-0.2, -0.15) is 0 Å². The zero-order valence-electron chi connectivity index (χ0n) is 9.93. The number of benzene rings is 1. The molecule has 0 aliphatic rings. The summed E-state index contributed by atoms with van der Waals surface area (Å²) in [6, 6.07) is 6.10. The maximum atomic E-state index is 12.1. The number of nitrogens with zero attached hydrogens (tertiary/aromatic N) is 2. The third-order valence-corrected chi connectivity index (χ3v) is 3.28. The number of amides is 2. The number of nitrogens with one attached hydrogen (secondary N) is 1. The Morgan fingerprint density at radius 1 is 1.20 bits per heavy atom. The van der Waals surface area contributed by atoms with Gasteiger partial charge in [0.25, 0.3) is 5.91 Å². The van der Waals surface area contributed by atoms with Crippen molar-refractivity contribution < 1.29 is 9.59 Å². The highest BCUT2D eigenvalue weighted by molar-refractivity contribution is 9.11. The van der Waals surface area contributed by atoms with Gasteiger partial charge in [-0.1, -0.05) is 6.07 Å². The molecule has 0 saturated carbocycles. The molecular formula is C12H8Br2N4O2. The summed E-state index contributed by atoms with van der Waals surface area (Å²) in [6.07, 6.45) is 1.46. The Morgan fingerprint density at radius 3 is 2.55 bits per heavy atom. The summed E-state index contributed by atoms with van der Waals surface area (Å²) in [6.45, 7) is 0. The van der Waals surface area contributed by atoms with Gasteiger partial charge in [-0.25, -0.2) is 9.97 Å². The van der Waals surface area contributed by atoms with Gasteiger partial charge in [-0.15, -0.1) is 0 Å². The van der Waals surface area contributed by atoms with Crippen molar-refractivity contribution in [1.82, 2.24) is 9.97 Å². The fourth-order valence-electron chi connectivity index (χ4n) is 1.42. The monoisotopic (exact) mass is 398 g/mol. The van der Waals surface area contributed by atoms with Crippen LogP contribution in [0.1, 0.15) is 20.7 Å². The van der Waals surface area contributed by atoms with Crippen molar-refractivity contribution >= 4 is 49.5 Å². The first-order valence-corrected chi connectivity index (χ1v) is 6.95. The van der Waals surface area contributed by atoms with E-state index < -0.39 is 11.8 Å². The number of hydrogen-bond donors (Lipinski definition) is 2. The molecule has 3 N–H and O–H groups in total. The lowest BCUT2D eigenvalue weighted by Crippen LogP contribution is -2.16. The smallest absolute Gasteiger partial charge is 0.256 e. The third kappa shape index (κ3) is 3.40. The number of anilines is 1. The zero-order chi connectivity index (χ0) is 14.7. The van der Waals surface area contributed by atoms with Crippen molar-refractivity contribution in [3.8, 4) is 0 Å². The Kier molecular flexibility index (Phi) is 4.46. The molecule has 2 aromatic rings. The lowest BCUT2D eigenvalue weighted by atomic mass is 10.1. The molecule has 1 aromatic heterocycles. The van der Waals surface area contributed by atoms with E-state index >= 15 is 0 Å². The van der Waals surface area contributed by atoms with Crippen LogP contribution in [0.15, 0.2) is 39.7 Å². The first kappa shape index (κ1) is 14.6. The number of halogens is 2. The van der Waals surface area contributed by atoms with Crippen LogP contribution in [0.25, 0.3) is 0 Å². The topological polar surface area (TPSA) is 98.0 Å². The van der Waals surface area contributed by atoms with Crippen LogP contribution >= 0.6 is 31.9 Å². The van der Waals surface area contributed by atoms with Crippen molar-refractivity contribution in [1.29, 1.82) is 0 Å². The van der Waals surface area contributed by atoms with E-state index in [0.29, 0.717) is 14.8 Å². The van der Waals surface area contributed by atoms with Gasteiger partial charge in [0, 0.05) is 11.1 Å². The predicted octanol–water partition coefficient (Wildman–Crippen LogP) is 2.35. The van der Waals surface area contributed by atoms with Gasteiger partial charge in [-0.3, -0.25) is 9.59 Å². The van der Waals surface area contributed by atoms with Gasteiger partial charge in [0.1, 0.15) is 9.21 Å². The first-order valence-electron chi connectivity index (χ1n) is 5.36. The molecule has 0 atom stereocenters. The molecule has 0 spiro atoms. The van der Waals surface area contributed by atoms with Crippen LogP contribution in [0.3, 0.4) is 0 Å². The summed E-state index contributed by atoms with van der Waals surface area (Å²) in [4.78, 5) is 31.2. The molecule has 6 nitrogen and oxygen atoms in total. The number of hydrogen-bond acceptors (Lipinski definition) is 4. The molecule has 0 unspecified atom stereocenters. The lowest BCUT2D eigenvalue weighted by molar-refractivity contribution is 0.1000. The highest BCUT2D eigenvalue weighted by Crippen LogP contribution is 2.20. The van der Waals surface area contributed by atoms with Gasteiger partial charge in [0.15, 0.2) is 5.82 Å². The fraction of sp³-hybridized carbons (Fsp3) is 0. The van der Waals surface area contributed by atoms with Crippen LogP contribution in [0.2, 0.25) is 0 Å². The average Bonchev–Trinajstić information content (AvgIpc) is 2.42. The van der Waals surface area contributed by atoms with Crippen molar-refractivity contribution in [3.63, 3.8) is 0 Å². The molecule has 2 rings (SSSR count). The fourth-order valence-corrected chi connectivity index (χ4v) is 2.33. The largest absolute Gasteiger partial charge is 0.366 e. The predicted molar refractivity (Wildman–Crippen MR) is 80.3 cm³/mol. The molecule has 0 saturated heterocycles. The number of primary amides is 1. The maximum absolute atomic E-state index is 12.1. The molecule has 0 radical (unpaired) electrons. The molecular weight excluding hydrogens is 392 g/mol. The van der Waals surface area contributed by atoms with Crippen LogP contribution in [-0.4, -0.2) is 21.8 Å². The van der Waals surface area contributed by atoms with E-state index in [2.05, 4.69) is 47.1 Å². The molecule has 8 heteroatoms. The minimum absolute atomic E-state index is 0.263. The van der Waals surface area contributed by atoms with Gasteiger partial charge < -0.3 is 11.1 Å². The zero-order valence-corrected chi connectivity index (χ0v) is 13.1. The van der Waals surface area contributed by atoms with Gasteiger partial charge in [-0.05, 0) is 50.1 Å². The van der Waals surface area contributed by atoms with E-state index in [-0.39, 0.29) is 11.4 Å². The number of nitrogens with two attached hydrogens (primary N) is 1. The summed E-state index contributed by atoms with van der Waals surface area (Å²) in [5, 5.41) is 2.59. The Hall–Kier alpha value is -1.80. The molecule has 1 aromatic carbocycles. The minimum Gasteiger partial charge on any atom is -0.366 e. The van der Waals surface area contributed by atoms with E-state index in [4.69, 9.17) is 5.73 Å². The van der Waals surface area contributed by atoms with E-state index in [1.165, 1.54) is 18.3 Å². The number of carbonyl (C=O) groups is 2. The Balaban J connectivity index is 2.24. The molecule has 20 heavy (non-hydrogen) atoms. The Bertz CT molecular complexity index is 691. The molecule has 0 fully saturated rings. The van der Waals surface area contributed by atoms with Crippen LogP contribution in [0, 0.1) is 0 Å². The van der Waals surface area contributed by atoms with Crippen molar-refractivity contribution in [2.75, 3.05) is 5.32 Å². The van der Waals surface area contributed by atoms with E-state index in [9.17, 15) is 9.59 Å². The maximum Gasteiger partial charge on any atom is 0.256 e. The van der Waals surface area contributed by atoms with Gasteiger partial charge >= 0.3 is 0 Å². The highest BCUT2D eigenvalue weighted by atomic mass is 79.9. The Labute approximate surface area is 131 Å². The summed E-state index contributed by atoms with van der Waals surface area (Å²) in [7, 11) is 0. The van der Waals surface area contributed by atoms with Crippen molar-refractivity contribution in [2.24, 2.45) is 5.73 Å². The molecule has 102 valence electrons. The third-order valence-electron chi connectivity index (χ3n) is 2.34. The number of aromatic nitrogens is 2. The second kappa shape index (κ2) is 6.10. The molecule has 2 amide bonds. The molecule has 0 aliphatic heterocycles. The first-order chi connectivity index (χ1) is 9.47. The summed E-state index contributed by atoms with van der Waals surface area (Å²) in [5.74, 6) is -0.725. The van der Waals surface area contributed by atoms with Crippen molar-refractivity contribution in [2.45, 2.75) is 0 Å². The average molecular weight is 400 g/mol. The van der Waals surface area contributed by atoms with E-state index in [1.807, 2.05) is 0 Å². The second-order valence-corrected chi connectivity index (χ2v) is 5.29. The normalized spacial score (nSPS) is 10.1. The van der Waals surface area contributed by atoms with Gasteiger partial charge in [0.2, 0.25) is 5.91 Å². The standard InChI is InChI=1S/C12H8Br2N4O2/c13-8-5-16-11(9(14)17-8)18-12(20)7-3-1-2-6(4-7)10(15)19/h1-5H,(H2,15,19)(H,16,18,20). The number of carbonyl (C=O) groups excluding carboxylic acids is 2. The van der Waals surface area contributed by atoms with Crippen LogP contribution in [-0.2, 0) is 0 Å². The molecule has 1 heterocycles. The Morgan fingerprint density at radius 2 is 1.90 bits per heavy atom. The van der Waals surface area contributed by atoms with E-state index in [0.717, 1.165) is 0 Å². The molecule has 0 aliphatic carbocycles. The quantitative estimate of drug-likeness (QED) is 0.827. The van der Waals surface area contributed by atoms with Crippen LogP contribution < -0.4 is 11.1 Å². The SMILES string of the molecule is NC(=O)c1cccc(C(=O)Nc2ncc(Br)nc2Br)c1. The van der Waals surface area contributed by atoms with Crippen LogP contribution in [0.4, 0.5) is 5.82 Å². The minimum atomic E-state index is -0.593. The van der Waals surface area contributed by atoms with Crippen molar-refractivity contribution in [3.05, 3.63) is 50.8 Å². The summed E-state index contributed by atoms with van der Waals surface area (Å²) >= 11 is 6.36. The summed E-state index contributed by atoms with van der Waals surface area (Å²) in [5.41, 5.74) is 5.74.